The Morgan fingerprint density at radius 3 is 2.42 bits per heavy atom. The van der Waals surface area contributed by atoms with Crippen molar-refractivity contribution in [3.8, 4) is 0 Å². The van der Waals surface area contributed by atoms with Gasteiger partial charge in [-0.1, -0.05) is 57.2 Å². The number of esters is 1. The van der Waals surface area contributed by atoms with Crippen LogP contribution in [0.25, 0.3) is 5.57 Å². The van der Waals surface area contributed by atoms with Crippen LogP contribution in [0.5, 0.6) is 0 Å². The first kappa shape index (κ1) is 24.6. The van der Waals surface area contributed by atoms with E-state index in [9.17, 15) is 9.59 Å². The Hall–Kier alpha value is -3.08. The second-order valence-corrected chi connectivity index (χ2v) is 9.45. The minimum Gasteiger partial charge on any atom is -0.462 e. The van der Waals surface area contributed by atoms with Crippen LogP contribution < -0.4 is 10.6 Å². The van der Waals surface area contributed by atoms with E-state index in [-0.39, 0.29) is 11.4 Å². The van der Waals surface area contributed by atoms with Crippen LogP contribution in [0, 0.1) is 5.41 Å². The molecule has 1 atom stereocenters. The largest absolute Gasteiger partial charge is 0.462 e. The van der Waals surface area contributed by atoms with Crippen LogP contribution in [0.1, 0.15) is 74.4 Å². The van der Waals surface area contributed by atoms with Crippen molar-refractivity contribution >= 4 is 23.1 Å². The van der Waals surface area contributed by atoms with Crippen molar-refractivity contribution in [3.05, 3.63) is 71.3 Å². The summed E-state index contributed by atoms with van der Waals surface area (Å²) in [6, 6.07) is 15.3. The second-order valence-electron chi connectivity index (χ2n) is 9.45. The molecule has 5 nitrogen and oxygen atoms in total. The van der Waals surface area contributed by atoms with Gasteiger partial charge < -0.3 is 15.4 Å². The monoisotopic (exact) mass is 448 g/mol. The Morgan fingerprint density at radius 2 is 1.82 bits per heavy atom. The number of piperidine rings is 1. The van der Waals surface area contributed by atoms with Gasteiger partial charge >= 0.3 is 5.97 Å². The third-order valence-electron chi connectivity index (χ3n) is 6.23. The molecular formula is C28H36N2O3. The first-order valence-corrected chi connectivity index (χ1v) is 11.9. The molecule has 1 aliphatic heterocycles. The highest BCUT2D eigenvalue weighted by molar-refractivity contribution is 5.99. The second kappa shape index (κ2) is 10.7. The maximum absolute atomic E-state index is 12.8. The van der Waals surface area contributed by atoms with Crippen molar-refractivity contribution in [3.63, 3.8) is 0 Å². The van der Waals surface area contributed by atoms with Crippen LogP contribution in [0.3, 0.4) is 0 Å². The Balaban J connectivity index is 2.03. The lowest BCUT2D eigenvalue weighted by Crippen LogP contribution is -2.40. The highest BCUT2D eigenvalue weighted by Gasteiger charge is 2.30. The molecule has 1 unspecified atom stereocenters. The van der Waals surface area contributed by atoms with Crippen LogP contribution in [0.15, 0.2) is 54.6 Å². The van der Waals surface area contributed by atoms with E-state index in [1.165, 1.54) is 6.42 Å². The zero-order chi connectivity index (χ0) is 24.0. The molecular weight excluding hydrogens is 412 g/mol. The quantitative estimate of drug-likeness (QED) is 0.537. The molecule has 1 heterocycles. The summed E-state index contributed by atoms with van der Waals surface area (Å²) in [5, 5.41) is 0. The topological polar surface area (TPSA) is 72.6 Å². The summed E-state index contributed by atoms with van der Waals surface area (Å²) in [7, 11) is 0. The van der Waals surface area contributed by atoms with Gasteiger partial charge in [0.2, 0.25) is 5.91 Å². The van der Waals surface area contributed by atoms with Crippen LogP contribution in [-0.2, 0) is 9.53 Å². The van der Waals surface area contributed by atoms with E-state index in [1.54, 1.807) is 31.2 Å². The number of ether oxygens (including phenoxy) is 1. The Labute approximate surface area is 197 Å². The van der Waals surface area contributed by atoms with E-state index < -0.39 is 11.8 Å². The molecule has 0 saturated carbocycles. The van der Waals surface area contributed by atoms with Crippen molar-refractivity contribution in [2.24, 2.45) is 11.1 Å². The molecule has 2 N–H and O–H groups in total. The maximum Gasteiger partial charge on any atom is 0.338 e. The fourth-order valence-corrected chi connectivity index (χ4v) is 4.75. The lowest BCUT2D eigenvalue weighted by Gasteiger charge is -2.40. The third kappa shape index (κ3) is 5.84. The highest BCUT2D eigenvalue weighted by Crippen LogP contribution is 2.40. The minimum absolute atomic E-state index is 0.242. The van der Waals surface area contributed by atoms with Crippen molar-refractivity contribution in [2.75, 3.05) is 24.6 Å². The van der Waals surface area contributed by atoms with E-state index in [1.807, 2.05) is 6.07 Å². The van der Waals surface area contributed by atoms with Gasteiger partial charge in [0.15, 0.2) is 0 Å². The number of nitrogens with zero attached hydrogens (tertiary/aromatic N) is 1. The standard InChI is InChI=1S/C28H36N2O3/c1-5-10-23(22-11-7-8-12-24(22)30-18-9-17-28(3,4)19-30)25(26(29)31)20-13-15-21(16-14-20)27(32)33-6-2/h7-8,10-16,25H,5-6,9,17-19H2,1-4H3,(H2,29,31). The van der Waals surface area contributed by atoms with Gasteiger partial charge in [-0.3, -0.25) is 4.79 Å². The number of hydrogen-bond acceptors (Lipinski definition) is 4. The molecule has 0 aromatic heterocycles. The van der Waals surface area contributed by atoms with Crippen LogP contribution in [0.2, 0.25) is 0 Å². The highest BCUT2D eigenvalue weighted by atomic mass is 16.5. The first-order valence-electron chi connectivity index (χ1n) is 11.9. The summed E-state index contributed by atoms with van der Waals surface area (Å²) >= 11 is 0. The number of benzene rings is 2. The summed E-state index contributed by atoms with van der Waals surface area (Å²) < 4.78 is 5.08. The molecule has 5 heteroatoms. The molecule has 0 radical (unpaired) electrons. The van der Waals surface area contributed by atoms with Crippen LogP contribution in [-0.4, -0.2) is 31.6 Å². The van der Waals surface area contributed by atoms with Gasteiger partial charge in [0.1, 0.15) is 0 Å². The summed E-state index contributed by atoms with van der Waals surface area (Å²) in [5.41, 5.74) is 10.5. The van der Waals surface area contributed by atoms with Crippen LogP contribution >= 0.6 is 0 Å². The number of anilines is 1. The van der Waals surface area contributed by atoms with Gasteiger partial charge in [0.05, 0.1) is 18.1 Å². The molecule has 3 rings (SSSR count). The lowest BCUT2D eigenvalue weighted by atomic mass is 9.82. The molecule has 1 amide bonds. The van der Waals surface area contributed by atoms with Gasteiger partial charge in [-0.25, -0.2) is 4.79 Å². The fourth-order valence-electron chi connectivity index (χ4n) is 4.75. The zero-order valence-electron chi connectivity index (χ0n) is 20.3. The summed E-state index contributed by atoms with van der Waals surface area (Å²) in [6.07, 6.45) is 5.23. The molecule has 0 spiro atoms. The predicted octanol–water partition coefficient (Wildman–Crippen LogP) is 5.55. The molecule has 0 bridgehead atoms. The number of carbonyl (C=O) groups excluding carboxylic acids is 2. The average molecular weight is 449 g/mol. The average Bonchev–Trinajstić information content (AvgIpc) is 2.78. The number of hydrogen-bond donors (Lipinski definition) is 1. The van der Waals surface area contributed by atoms with Gasteiger partial charge in [-0.15, -0.1) is 0 Å². The number of amides is 1. The zero-order valence-corrected chi connectivity index (χ0v) is 20.3. The van der Waals surface area contributed by atoms with Crippen molar-refractivity contribution in [2.45, 2.75) is 52.9 Å². The molecule has 1 saturated heterocycles. The van der Waals surface area contributed by atoms with E-state index >= 15 is 0 Å². The van der Waals surface area contributed by atoms with Crippen molar-refractivity contribution in [1.29, 1.82) is 0 Å². The summed E-state index contributed by atoms with van der Waals surface area (Å²) in [6.45, 7) is 10.7. The van der Waals surface area contributed by atoms with E-state index in [2.05, 4.69) is 49.9 Å². The first-order chi connectivity index (χ1) is 15.8. The smallest absolute Gasteiger partial charge is 0.338 e. The number of para-hydroxylation sites is 1. The Bertz CT molecular complexity index is 1010. The van der Waals surface area contributed by atoms with Gasteiger partial charge in [-0.2, -0.15) is 0 Å². The van der Waals surface area contributed by atoms with Gasteiger partial charge in [-0.05, 0) is 60.9 Å². The predicted molar refractivity (Wildman–Crippen MR) is 134 cm³/mol. The van der Waals surface area contributed by atoms with Gasteiger partial charge in [0, 0.05) is 24.3 Å². The molecule has 176 valence electrons. The van der Waals surface area contributed by atoms with E-state index in [0.29, 0.717) is 12.2 Å². The maximum atomic E-state index is 12.8. The lowest BCUT2D eigenvalue weighted by molar-refractivity contribution is -0.118. The fraction of sp³-hybridized carbons (Fsp3) is 0.429. The SMILES string of the molecule is CCC=C(c1ccccc1N1CCCC(C)(C)C1)C(C(N)=O)c1ccc(C(=O)OCC)cc1. The number of allylic oxidation sites excluding steroid dienone is 1. The molecule has 1 aliphatic rings. The Morgan fingerprint density at radius 1 is 1.12 bits per heavy atom. The van der Waals surface area contributed by atoms with E-state index in [4.69, 9.17) is 10.5 Å². The number of carbonyl (C=O) groups is 2. The Kier molecular flexibility index (Phi) is 7.96. The molecule has 2 aromatic carbocycles. The minimum atomic E-state index is -0.611. The molecule has 1 fully saturated rings. The number of nitrogens with two attached hydrogens (primary N) is 1. The van der Waals surface area contributed by atoms with Crippen molar-refractivity contribution in [1.82, 2.24) is 0 Å². The third-order valence-corrected chi connectivity index (χ3v) is 6.23. The molecule has 33 heavy (non-hydrogen) atoms. The number of primary amides is 1. The van der Waals surface area contributed by atoms with Crippen LogP contribution in [0.4, 0.5) is 5.69 Å². The van der Waals surface area contributed by atoms with E-state index in [0.717, 1.165) is 48.3 Å². The van der Waals surface area contributed by atoms with Crippen molar-refractivity contribution < 1.29 is 14.3 Å². The molecule has 0 aliphatic carbocycles. The number of rotatable bonds is 8. The summed E-state index contributed by atoms with van der Waals surface area (Å²) in [5.74, 6) is -1.39. The van der Waals surface area contributed by atoms with Gasteiger partial charge in [0.25, 0.3) is 0 Å². The summed E-state index contributed by atoms with van der Waals surface area (Å²) in [4.78, 5) is 27.3. The molecule has 2 aromatic rings. The normalized spacial score (nSPS) is 16.8.